The van der Waals surface area contributed by atoms with E-state index in [1.165, 1.54) is 19.2 Å². The lowest BCUT2D eigenvalue weighted by molar-refractivity contribution is -0.384. The molecule has 1 N–H and O–H groups in total. The minimum Gasteiger partial charge on any atom is -0.365 e. The van der Waals surface area contributed by atoms with Crippen molar-refractivity contribution < 1.29 is 13.3 Å². The van der Waals surface area contributed by atoms with Gasteiger partial charge in [-0.3, -0.25) is 10.1 Å². The first kappa shape index (κ1) is 16.9. The van der Waals surface area contributed by atoms with E-state index in [2.05, 4.69) is 4.72 Å². The molecule has 0 atom stereocenters. The van der Waals surface area contributed by atoms with Gasteiger partial charge in [0.25, 0.3) is 5.69 Å². The van der Waals surface area contributed by atoms with E-state index in [1.807, 2.05) is 30.3 Å². The van der Waals surface area contributed by atoms with Gasteiger partial charge in [0.05, 0.1) is 9.82 Å². The number of benzene rings is 2. The van der Waals surface area contributed by atoms with Crippen LogP contribution in [0.2, 0.25) is 0 Å². The number of sulfonamides is 1. The third-order valence-electron chi connectivity index (χ3n) is 3.40. The Hall–Kier alpha value is -2.45. The summed E-state index contributed by atoms with van der Waals surface area (Å²) in [7, 11) is -0.744. The summed E-state index contributed by atoms with van der Waals surface area (Å²) in [5.74, 6) is 0. The zero-order valence-electron chi connectivity index (χ0n) is 12.8. The van der Waals surface area contributed by atoms with E-state index in [0.717, 1.165) is 11.6 Å². The number of nitrogens with zero attached hydrogens (tertiary/aromatic N) is 2. The van der Waals surface area contributed by atoms with Crippen molar-refractivity contribution in [2.24, 2.45) is 0 Å². The predicted molar refractivity (Wildman–Crippen MR) is 87.9 cm³/mol. The number of nitro benzene ring substituents is 1. The van der Waals surface area contributed by atoms with Crippen molar-refractivity contribution in [2.45, 2.75) is 11.4 Å². The molecule has 8 heteroatoms. The average Bonchev–Trinajstić information content (AvgIpc) is 2.55. The largest absolute Gasteiger partial charge is 0.365 e. The molecule has 122 valence electrons. The first-order valence-corrected chi connectivity index (χ1v) is 8.30. The molecule has 0 aliphatic carbocycles. The van der Waals surface area contributed by atoms with Gasteiger partial charge in [-0.1, -0.05) is 30.3 Å². The highest BCUT2D eigenvalue weighted by Gasteiger charge is 2.22. The Morgan fingerprint density at radius 1 is 1.17 bits per heavy atom. The van der Waals surface area contributed by atoms with Crippen LogP contribution in [-0.4, -0.2) is 27.4 Å². The third kappa shape index (κ3) is 3.85. The Kier molecular flexibility index (Phi) is 4.97. The quantitative estimate of drug-likeness (QED) is 0.645. The normalized spacial score (nSPS) is 11.2. The van der Waals surface area contributed by atoms with E-state index >= 15 is 0 Å². The van der Waals surface area contributed by atoms with E-state index in [0.29, 0.717) is 12.2 Å². The van der Waals surface area contributed by atoms with Gasteiger partial charge in [0, 0.05) is 19.7 Å². The second kappa shape index (κ2) is 6.76. The summed E-state index contributed by atoms with van der Waals surface area (Å²) in [6.45, 7) is 0.472. The summed E-state index contributed by atoms with van der Waals surface area (Å²) in [5, 5.41) is 11.3. The molecule has 0 spiro atoms. The van der Waals surface area contributed by atoms with Crippen LogP contribution in [-0.2, 0) is 16.6 Å². The zero-order chi connectivity index (χ0) is 17.0. The standard InChI is InChI=1S/C15H17N3O4S/c1-16-23(21,22)13-8-9-14(15(10-13)18(19)20)17(2)11-12-6-4-3-5-7-12/h3-10,16H,11H2,1-2H3. The summed E-state index contributed by atoms with van der Waals surface area (Å²) >= 11 is 0. The average molecular weight is 335 g/mol. The van der Waals surface area contributed by atoms with Gasteiger partial charge in [-0.05, 0) is 24.7 Å². The molecule has 2 rings (SSSR count). The molecule has 0 radical (unpaired) electrons. The van der Waals surface area contributed by atoms with Crippen LogP contribution in [0.3, 0.4) is 0 Å². The Balaban J connectivity index is 2.40. The molecule has 7 nitrogen and oxygen atoms in total. The van der Waals surface area contributed by atoms with Crippen LogP contribution in [0.25, 0.3) is 0 Å². The van der Waals surface area contributed by atoms with Gasteiger partial charge in [0.15, 0.2) is 0 Å². The fourth-order valence-corrected chi connectivity index (χ4v) is 2.95. The number of hydrogen-bond donors (Lipinski definition) is 1. The lowest BCUT2D eigenvalue weighted by Crippen LogP contribution is -2.20. The van der Waals surface area contributed by atoms with Crippen LogP contribution in [0.5, 0.6) is 0 Å². The molecule has 0 bridgehead atoms. The van der Waals surface area contributed by atoms with Gasteiger partial charge in [-0.15, -0.1) is 0 Å². The summed E-state index contributed by atoms with van der Waals surface area (Å²) in [5.41, 5.74) is 1.10. The highest BCUT2D eigenvalue weighted by atomic mass is 32.2. The Morgan fingerprint density at radius 3 is 2.39 bits per heavy atom. The topological polar surface area (TPSA) is 92.6 Å². The van der Waals surface area contributed by atoms with Gasteiger partial charge in [0.1, 0.15) is 5.69 Å². The minimum atomic E-state index is -3.73. The maximum atomic E-state index is 11.8. The highest BCUT2D eigenvalue weighted by Crippen LogP contribution is 2.30. The van der Waals surface area contributed by atoms with Crippen molar-refractivity contribution in [3.05, 3.63) is 64.2 Å². The van der Waals surface area contributed by atoms with Crippen molar-refractivity contribution in [1.29, 1.82) is 0 Å². The molecule has 0 aliphatic heterocycles. The van der Waals surface area contributed by atoms with Crippen LogP contribution in [0.4, 0.5) is 11.4 Å². The fraction of sp³-hybridized carbons (Fsp3) is 0.200. The second-order valence-corrected chi connectivity index (χ2v) is 6.84. The van der Waals surface area contributed by atoms with E-state index in [9.17, 15) is 18.5 Å². The summed E-state index contributed by atoms with van der Waals surface area (Å²) in [6.07, 6.45) is 0. The molecule has 0 fully saturated rings. The lowest BCUT2D eigenvalue weighted by Gasteiger charge is -2.19. The van der Waals surface area contributed by atoms with E-state index in [1.54, 1.807) is 11.9 Å². The van der Waals surface area contributed by atoms with Crippen molar-refractivity contribution in [3.63, 3.8) is 0 Å². The molecule has 0 heterocycles. The zero-order valence-corrected chi connectivity index (χ0v) is 13.6. The molecule has 0 saturated carbocycles. The molecule has 0 aliphatic rings. The molecule has 0 amide bonds. The summed E-state index contributed by atoms with van der Waals surface area (Å²) < 4.78 is 25.7. The third-order valence-corrected chi connectivity index (χ3v) is 4.81. The monoisotopic (exact) mass is 335 g/mol. The summed E-state index contributed by atoms with van der Waals surface area (Å²) in [6, 6.07) is 13.4. The highest BCUT2D eigenvalue weighted by molar-refractivity contribution is 7.89. The van der Waals surface area contributed by atoms with E-state index in [4.69, 9.17) is 0 Å². The van der Waals surface area contributed by atoms with Crippen LogP contribution < -0.4 is 9.62 Å². The van der Waals surface area contributed by atoms with Gasteiger partial charge < -0.3 is 4.90 Å². The number of anilines is 1. The predicted octanol–water partition coefficient (Wildman–Crippen LogP) is 2.14. The van der Waals surface area contributed by atoms with Gasteiger partial charge in [-0.2, -0.15) is 0 Å². The molecular weight excluding hydrogens is 318 g/mol. The van der Waals surface area contributed by atoms with Crippen molar-refractivity contribution >= 4 is 21.4 Å². The second-order valence-electron chi connectivity index (χ2n) is 4.96. The van der Waals surface area contributed by atoms with Crippen molar-refractivity contribution in [1.82, 2.24) is 4.72 Å². The molecule has 2 aromatic carbocycles. The smallest absolute Gasteiger partial charge is 0.293 e. The SMILES string of the molecule is CNS(=O)(=O)c1ccc(N(C)Cc2ccccc2)c([N+](=O)[O-])c1. The first-order valence-electron chi connectivity index (χ1n) is 6.82. The number of nitrogens with one attached hydrogen (secondary N) is 1. The van der Waals surface area contributed by atoms with Gasteiger partial charge >= 0.3 is 0 Å². The maximum absolute atomic E-state index is 11.8. The summed E-state index contributed by atoms with van der Waals surface area (Å²) in [4.78, 5) is 12.3. The first-order chi connectivity index (χ1) is 10.8. The molecule has 23 heavy (non-hydrogen) atoms. The molecule has 0 unspecified atom stereocenters. The van der Waals surface area contributed by atoms with Gasteiger partial charge in [0.2, 0.25) is 10.0 Å². The Labute approximate surface area is 134 Å². The molecule has 0 saturated heterocycles. The number of rotatable bonds is 6. The minimum absolute atomic E-state index is 0.136. The maximum Gasteiger partial charge on any atom is 0.293 e. The lowest BCUT2D eigenvalue weighted by atomic mass is 10.2. The Morgan fingerprint density at radius 2 is 1.83 bits per heavy atom. The van der Waals surface area contributed by atoms with Crippen LogP contribution in [0.1, 0.15) is 5.56 Å². The van der Waals surface area contributed by atoms with Crippen LogP contribution in [0.15, 0.2) is 53.4 Å². The van der Waals surface area contributed by atoms with Gasteiger partial charge in [-0.25, -0.2) is 13.1 Å². The van der Waals surface area contributed by atoms with Crippen molar-refractivity contribution in [3.8, 4) is 0 Å². The number of nitro groups is 1. The van der Waals surface area contributed by atoms with Crippen molar-refractivity contribution in [2.75, 3.05) is 19.0 Å². The van der Waals surface area contributed by atoms with E-state index < -0.39 is 14.9 Å². The molecule has 0 aromatic heterocycles. The van der Waals surface area contributed by atoms with Crippen LogP contribution in [0, 0.1) is 10.1 Å². The molecular formula is C15H17N3O4S. The fourth-order valence-electron chi connectivity index (χ4n) is 2.20. The van der Waals surface area contributed by atoms with Crippen LogP contribution >= 0.6 is 0 Å². The van der Waals surface area contributed by atoms with E-state index in [-0.39, 0.29) is 10.6 Å². The molecule has 2 aromatic rings. The number of hydrogen-bond acceptors (Lipinski definition) is 5. The Bertz CT molecular complexity index is 807.